The molecule has 10 rings (SSSR count). The fraction of sp³-hybridized carbons (Fsp3) is 0.0612. The van der Waals surface area contributed by atoms with Crippen molar-refractivity contribution in [3.8, 4) is 16.8 Å². The van der Waals surface area contributed by atoms with Gasteiger partial charge in [0.2, 0.25) is 0 Å². The zero-order valence-corrected chi connectivity index (χ0v) is 30.0. The van der Waals surface area contributed by atoms with Crippen LogP contribution in [0.1, 0.15) is 13.3 Å². The Kier molecular flexibility index (Phi) is 7.22. The van der Waals surface area contributed by atoms with Gasteiger partial charge in [-0.1, -0.05) is 159 Å². The summed E-state index contributed by atoms with van der Waals surface area (Å²) in [6.07, 6.45) is 3.50. The van der Waals surface area contributed by atoms with Crippen LogP contribution in [0.15, 0.2) is 186 Å². The fourth-order valence-corrected chi connectivity index (χ4v) is 14.2. The van der Waals surface area contributed by atoms with Gasteiger partial charge < -0.3 is 8.98 Å². The largest absolute Gasteiger partial charge is 0.456 e. The van der Waals surface area contributed by atoms with Crippen molar-refractivity contribution >= 4 is 67.7 Å². The highest BCUT2D eigenvalue weighted by atomic mass is 28.3. The Hall–Kier alpha value is -6.16. The van der Waals surface area contributed by atoms with Gasteiger partial charge in [-0.25, -0.2) is 0 Å². The summed E-state index contributed by atoms with van der Waals surface area (Å²) >= 11 is 0. The van der Waals surface area contributed by atoms with E-state index in [-0.39, 0.29) is 0 Å². The van der Waals surface area contributed by atoms with Gasteiger partial charge in [-0.05, 0) is 80.6 Å². The normalized spacial score (nSPS) is 14.5. The van der Waals surface area contributed by atoms with Gasteiger partial charge in [0.1, 0.15) is 11.2 Å². The average Bonchev–Trinajstić information content (AvgIpc) is 3.75. The average molecular weight is 684 g/mol. The Morgan fingerprint density at radius 2 is 1.08 bits per heavy atom. The van der Waals surface area contributed by atoms with Gasteiger partial charge in [-0.15, -0.1) is 0 Å². The number of fused-ring (bicyclic) bond motifs is 6. The molecule has 0 aliphatic heterocycles. The van der Waals surface area contributed by atoms with Crippen molar-refractivity contribution < 1.29 is 4.42 Å². The first-order valence-electron chi connectivity index (χ1n) is 18.2. The number of nitrogens with zero attached hydrogens (tertiary/aromatic N) is 1. The van der Waals surface area contributed by atoms with Crippen LogP contribution in [0.4, 0.5) is 0 Å². The molecule has 1 aliphatic carbocycles. The standard InChI is InChI=1S/C49H37NOSi/c1-34-31-44-41-21-11-13-23-45(41)50(37-15-5-2-6-16-37)49(44)48(32-34)52(38-17-7-3-8-18-38,39-19-9-4-10-20-39)40-28-25-35(26-29-40)36-27-30-43-42-22-12-14-24-46(42)51-47(43)33-36/h2-31,33-34H,32H2,1H3/t34-/m1/s1. The van der Waals surface area contributed by atoms with Crippen LogP contribution in [-0.4, -0.2) is 12.6 Å². The minimum atomic E-state index is -2.88. The van der Waals surface area contributed by atoms with Crippen molar-refractivity contribution in [3.63, 3.8) is 0 Å². The Morgan fingerprint density at radius 3 is 1.79 bits per heavy atom. The van der Waals surface area contributed by atoms with Crippen molar-refractivity contribution in [3.05, 3.63) is 193 Å². The molecule has 0 saturated heterocycles. The number of rotatable bonds is 6. The van der Waals surface area contributed by atoms with E-state index in [1.54, 1.807) is 5.20 Å². The number of furan rings is 1. The minimum Gasteiger partial charge on any atom is -0.456 e. The lowest BCUT2D eigenvalue weighted by atomic mass is 10.0. The highest BCUT2D eigenvalue weighted by Crippen LogP contribution is 2.33. The maximum absolute atomic E-state index is 6.30. The van der Waals surface area contributed by atoms with Crippen LogP contribution in [0.25, 0.3) is 60.9 Å². The van der Waals surface area contributed by atoms with Gasteiger partial charge in [0.25, 0.3) is 0 Å². The summed E-state index contributed by atoms with van der Waals surface area (Å²) < 4.78 is 8.85. The topological polar surface area (TPSA) is 18.1 Å². The fourth-order valence-electron chi connectivity index (χ4n) is 8.89. The summed E-state index contributed by atoms with van der Waals surface area (Å²) in [6, 6.07) is 67.1. The Bertz CT molecular complexity index is 2830. The third-order valence-electron chi connectivity index (χ3n) is 11.1. The molecule has 0 unspecified atom stereocenters. The first kappa shape index (κ1) is 30.6. The van der Waals surface area contributed by atoms with Gasteiger partial charge >= 0.3 is 0 Å². The smallest absolute Gasteiger partial charge is 0.177 e. The molecule has 1 atom stereocenters. The molecule has 3 heteroatoms. The van der Waals surface area contributed by atoms with E-state index in [1.807, 2.05) is 12.1 Å². The second-order valence-corrected chi connectivity index (χ2v) is 18.0. The number of para-hydroxylation sites is 3. The summed E-state index contributed by atoms with van der Waals surface area (Å²) in [6.45, 7) is 2.39. The number of aromatic nitrogens is 1. The van der Waals surface area contributed by atoms with E-state index >= 15 is 0 Å². The molecule has 52 heavy (non-hydrogen) atoms. The van der Waals surface area contributed by atoms with Gasteiger partial charge in [0.05, 0.1) is 10.9 Å². The maximum Gasteiger partial charge on any atom is 0.177 e. The summed E-state index contributed by atoms with van der Waals surface area (Å²) in [5.41, 5.74) is 6.64. The molecule has 2 aromatic heterocycles. The van der Waals surface area contributed by atoms with E-state index in [2.05, 4.69) is 187 Å². The summed E-state index contributed by atoms with van der Waals surface area (Å²) in [7, 11) is -2.88. The summed E-state index contributed by atoms with van der Waals surface area (Å²) in [4.78, 5) is 0. The highest BCUT2D eigenvalue weighted by molar-refractivity contribution is 7.22. The van der Waals surface area contributed by atoms with Crippen LogP contribution in [0.5, 0.6) is 0 Å². The molecule has 1 aliphatic rings. The quantitative estimate of drug-likeness (QED) is 0.127. The monoisotopic (exact) mass is 683 g/mol. The van der Waals surface area contributed by atoms with Crippen LogP contribution in [0, 0.1) is 5.92 Å². The lowest BCUT2D eigenvalue weighted by molar-refractivity contribution is 0.669. The number of benzene rings is 7. The first-order chi connectivity index (χ1) is 25.7. The van der Waals surface area contributed by atoms with Crippen molar-refractivity contribution in [2.75, 3.05) is 0 Å². The molecule has 248 valence electrons. The molecule has 0 radical (unpaired) electrons. The molecule has 0 bridgehead atoms. The third-order valence-corrected chi connectivity index (χ3v) is 16.0. The molecule has 2 nitrogen and oxygen atoms in total. The Morgan fingerprint density at radius 1 is 0.519 bits per heavy atom. The van der Waals surface area contributed by atoms with E-state index in [9.17, 15) is 0 Å². The first-order valence-corrected chi connectivity index (χ1v) is 20.2. The maximum atomic E-state index is 6.30. The van der Waals surface area contributed by atoms with Crippen LogP contribution in [0.3, 0.4) is 0 Å². The van der Waals surface area contributed by atoms with Gasteiger partial charge in [0, 0.05) is 27.1 Å². The zero-order valence-electron chi connectivity index (χ0n) is 29.0. The van der Waals surface area contributed by atoms with Crippen molar-refractivity contribution in [1.29, 1.82) is 0 Å². The van der Waals surface area contributed by atoms with Crippen LogP contribution >= 0.6 is 0 Å². The summed E-state index contributed by atoms with van der Waals surface area (Å²) in [5.74, 6) is 0.381. The Labute approximate surface area is 304 Å². The second kappa shape index (κ2) is 12.3. The second-order valence-electron chi connectivity index (χ2n) is 14.1. The predicted molar refractivity (Wildman–Crippen MR) is 221 cm³/mol. The lowest BCUT2D eigenvalue weighted by Crippen LogP contribution is -2.70. The SMILES string of the molecule is C[C@@H]1C=c2c(n(-c3ccccc3)c3ccccc23)=C([Si](c2ccccc2)(c2ccccc2)c2ccc(-c3ccc4c(c3)oc3ccccc34)cc2)C1. The van der Waals surface area contributed by atoms with Crippen LogP contribution < -0.4 is 26.1 Å². The number of hydrogen-bond acceptors (Lipinski definition) is 1. The van der Waals surface area contributed by atoms with Crippen LogP contribution in [0.2, 0.25) is 0 Å². The van der Waals surface area contributed by atoms with Gasteiger partial charge in [-0.2, -0.15) is 0 Å². The van der Waals surface area contributed by atoms with Gasteiger partial charge in [0.15, 0.2) is 8.07 Å². The van der Waals surface area contributed by atoms with E-state index in [0.29, 0.717) is 5.92 Å². The molecule has 2 heterocycles. The van der Waals surface area contributed by atoms with E-state index in [1.165, 1.54) is 48.3 Å². The Balaban J connectivity index is 1.29. The summed E-state index contributed by atoms with van der Waals surface area (Å²) in [5, 5.41) is 12.1. The van der Waals surface area contributed by atoms with Crippen molar-refractivity contribution in [1.82, 2.24) is 4.57 Å². The molecule has 0 spiro atoms. The molecule has 9 aromatic rings. The molecule has 0 saturated carbocycles. The minimum absolute atomic E-state index is 0.381. The van der Waals surface area contributed by atoms with E-state index in [0.717, 1.165) is 33.9 Å². The zero-order chi connectivity index (χ0) is 34.6. The van der Waals surface area contributed by atoms with Gasteiger partial charge in [-0.3, -0.25) is 0 Å². The highest BCUT2D eigenvalue weighted by Gasteiger charge is 2.45. The van der Waals surface area contributed by atoms with E-state index < -0.39 is 8.07 Å². The predicted octanol–water partition coefficient (Wildman–Crippen LogP) is 8.88. The molecular formula is C49H37NOSi. The van der Waals surface area contributed by atoms with Crippen molar-refractivity contribution in [2.45, 2.75) is 13.3 Å². The number of hydrogen-bond donors (Lipinski definition) is 0. The molecule has 0 amide bonds. The van der Waals surface area contributed by atoms with Crippen LogP contribution in [-0.2, 0) is 0 Å². The molecule has 7 aromatic carbocycles. The molecule has 0 N–H and O–H groups in total. The third kappa shape index (κ3) is 4.70. The molecule has 0 fully saturated rings. The lowest BCUT2D eigenvalue weighted by Gasteiger charge is -2.38. The molecular weight excluding hydrogens is 647 g/mol. The van der Waals surface area contributed by atoms with Crippen molar-refractivity contribution in [2.24, 2.45) is 5.92 Å². The van der Waals surface area contributed by atoms with E-state index in [4.69, 9.17) is 4.42 Å².